The van der Waals surface area contributed by atoms with Crippen LogP contribution in [0.4, 0.5) is 8.78 Å². The van der Waals surface area contributed by atoms with E-state index in [-0.39, 0.29) is 0 Å². The molecule has 0 aliphatic rings. The molecular weight excluding hydrogens is 210 g/mol. The summed E-state index contributed by atoms with van der Waals surface area (Å²) in [6.07, 6.45) is 0. The third-order valence-electron chi connectivity index (χ3n) is 2.44. The molecule has 16 heavy (non-hydrogen) atoms. The molecule has 1 aromatic carbocycles. The van der Waals surface area contributed by atoms with Crippen molar-refractivity contribution in [1.82, 2.24) is 9.78 Å². The van der Waals surface area contributed by atoms with E-state index >= 15 is 0 Å². The minimum absolute atomic E-state index is 0.325. The van der Waals surface area contributed by atoms with Gasteiger partial charge in [0.15, 0.2) is 0 Å². The largest absolute Gasteiger partial charge is 0.265 e. The van der Waals surface area contributed by atoms with Crippen LogP contribution in [-0.4, -0.2) is 9.78 Å². The highest BCUT2D eigenvalue weighted by molar-refractivity contribution is 5.20. The van der Waals surface area contributed by atoms with Crippen LogP contribution >= 0.6 is 0 Å². The monoisotopic (exact) mass is 222 g/mol. The average molecular weight is 222 g/mol. The minimum Gasteiger partial charge on any atom is -0.265 e. The van der Waals surface area contributed by atoms with Gasteiger partial charge >= 0.3 is 0 Å². The van der Waals surface area contributed by atoms with Crippen molar-refractivity contribution in [3.05, 3.63) is 52.9 Å². The lowest BCUT2D eigenvalue weighted by molar-refractivity contribution is 0.555. The van der Waals surface area contributed by atoms with Crippen LogP contribution in [0, 0.1) is 25.5 Å². The van der Waals surface area contributed by atoms with Gasteiger partial charge in [-0.25, -0.2) is 8.78 Å². The fraction of sp³-hybridized carbons (Fsp3) is 0.250. The van der Waals surface area contributed by atoms with Crippen LogP contribution in [0.15, 0.2) is 24.3 Å². The molecule has 0 atom stereocenters. The van der Waals surface area contributed by atoms with Crippen LogP contribution in [-0.2, 0) is 6.54 Å². The van der Waals surface area contributed by atoms with Crippen molar-refractivity contribution in [2.45, 2.75) is 20.4 Å². The number of hydrogen-bond donors (Lipinski definition) is 0. The summed E-state index contributed by atoms with van der Waals surface area (Å²) in [5.74, 6) is -1.10. The number of benzene rings is 1. The molecule has 0 saturated heterocycles. The maximum Gasteiger partial charge on any atom is 0.131 e. The van der Waals surface area contributed by atoms with E-state index in [1.54, 1.807) is 4.68 Å². The quantitative estimate of drug-likeness (QED) is 0.764. The van der Waals surface area contributed by atoms with E-state index in [1.165, 1.54) is 12.1 Å². The standard InChI is InChI=1S/C12H12F2N2/c1-8-5-9(2)16(15-8)7-10-3-4-11(13)6-12(10)14/h3-6H,7H2,1-2H3. The Hall–Kier alpha value is -1.71. The molecular formula is C12H12F2N2. The van der Waals surface area contributed by atoms with Crippen molar-refractivity contribution in [2.24, 2.45) is 0 Å². The van der Waals surface area contributed by atoms with Gasteiger partial charge in [-0.3, -0.25) is 4.68 Å². The zero-order valence-electron chi connectivity index (χ0n) is 9.17. The number of rotatable bonds is 2. The Morgan fingerprint density at radius 2 is 1.94 bits per heavy atom. The number of aromatic nitrogens is 2. The Morgan fingerprint density at radius 3 is 2.50 bits per heavy atom. The van der Waals surface area contributed by atoms with Gasteiger partial charge in [0.05, 0.1) is 12.2 Å². The Labute approximate surface area is 92.5 Å². The minimum atomic E-state index is -0.561. The van der Waals surface area contributed by atoms with Crippen LogP contribution in [0.1, 0.15) is 17.0 Å². The number of hydrogen-bond acceptors (Lipinski definition) is 1. The normalized spacial score (nSPS) is 10.8. The number of nitrogens with zero attached hydrogens (tertiary/aromatic N) is 2. The molecule has 1 heterocycles. The zero-order valence-corrected chi connectivity index (χ0v) is 9.17. The molecule has 0 bridgehead atoms. The third kappa shape index (κ3) is 2.10. The molecule has 2 aromatic rings. The fourth-order valence-electron chi connectivity index (χ4n) is 1.65. The predicted octanol–water partition coefficient (Wildman–Crippen LogP) is 2.83. The van der Waals surface area contributed by atoms with Gasteiger partial charge in [0.25, 0.3) is 0 Å². The summed E-state index contributed by atoms with van der Waals surface area (Å²) in [4.78, 5) is 0. The summed E-state index contributed by atoms with van der Waals surface area (Å²) in [5, 5.41) is 4.23. The van der Waals surface area contributed by atoms with Gasteiger partial charge in [-0.05, 0) is 26.0 Å². The van der Waals surface area contributed by atoms with E-state index in [4.69, 9.17) is 0 Å². The summed E-state index contributed by atoms with van der Waals surface area (Å²) >= 11 is 0. The topological polar surface area (TPSA) is 17.8 Å². The maximum absolute atomic E-state index is 13.4. The first-order valence-electron chi connectivity index (χ1n) is 5.01. The van der Waals surface area contributed by atoms with Gasteiger partial charge in [-0.1, -0.05) is 6.07 Å². The predicted molar refractivity (Wildman–Crippen MR) is 57.2 cm³/mol. The molecule has 84 valence electrons. The second-order valence-electron chi connectivity index (χ2n) is 3.82. The molecule has 1 aromatic heterocycles. The molecule has 0 spiro atoms. The van der Waals surface area contributed by atoms with Crippen molar-refractivity contribution in [2.75, 3.05) is 0 Å². The highest BCUT2D eigenvalue weighted by Crippen LogP contribution is 2.12. The van der Waals surface area contributed by atoms with E-state index in [2.05, 4.69) is 5.10 Å². The summed E-state index contributed by atoms with van der Waals surface area (Å²) < 4.78 is 27.8. The van der Waals surface area contributed by atoms with Gasteiger partial charge < -0.3 is 0 Å². The van der Waals surface area contributed by atoms with E-state index in [1.807, 2.05) is 19.9 Å². The molecule has 0 unspecified atom stereocenters. The summed E-state index contributed by atoms with van der Waals surface area (Å²) in [6, 6.07) is 5.51. The first-order valence-corrected chi connectivity index (χ1v) is 5.01. The number of aryl methyl sites for hydroxylation is 2. The smallest absolute Gasteiger partial charge is 0.131 e. The van der Waals surface area contributed by atoms with Crippen molar-refractivity contribution in [3.8, 4) is 0 Å². The molecule has 0 amide bonds. The lowest BCUT2D eigenvalue weighted by Gasteiger charge is -2.05. The molecule has 0 aliphatic heterocycles. The SMILES string of the molecule is Cc1cc(C)n(Cc2ccc(F)cc2F)n1. The molecule has 4 heteroatoms. The van der Waals surface area contributed by atoms with E-state index in [9.17, 15) is 8.78 Å². The Bertz CT molecular complexity index is 518. The van der Waals surface area contributed by atoms with Gasteiger partial charge in [-0.15, -0.1) is 0 Å². The second kappa shape index (κ2) is 4.04. The van der Waals surface area contributed by atoms with E-state index in [0.29, 0.717) is 12.1 Å². The van der Waals surface area contributed by atoms with Crippen LogP contribution in [0.3, 0.4) is 0 Å². The maximum atomic E-state index is 13.4. The molecule has 0 fully saturated rings. The highest BCUT2D eigenvalue weighted by Gasteiger charge is 2.07. The van der Waals surface area contributed by atoms with Gasteiger partial charge in [0.1, 0.15) is 11.6 Å². The summed E-state index contributed by atoms with van der Waals surface area (Å²) in [7, 11) is 0. The van der Waals surface area contributed by atoms with E-state index < -0.39 is 11.6 Å². The Balaban J connectivity index is 2.30. The Morgan fingerprint density at radius 1 is 1.19 bits per heavy atom. The summed E-state index contributed by atoms with van der Waals surface area (Å²) in [5.41, 5.74) is 2.29. The molecule has 0 radical (unpaired) electrons. The third-order valence-corrected chi connectivity index (χ3v) is 2.44. The van der Waals surface area contributed by atoms with Crippen molar-refractivity contribution < 1.29 is 8.78 Å². The van der Waals surface area contributed by atoms with Crippen LogP contribution in [0.25, 0.3) is 0 Å². The Kier molecular flexibility index (Phi) is 2.73. The lowest BCUT2D eigenvalue weighted by atomic mass is 10.2. The fourth-order valence-corrected chi connectivity index (χ4v) is 1.65. The van der Waals surface area contributed by atoms with Gasteiger partial charge in [-0.2, -0.15) is 5.10 Å². The lowest BCUT2D eigenvalue weighted by Crippen LogP contribution is -2.05. The van der Waals surface area contributed by atoms with Crippen molar-refractivity contribution in [1.29, 1.82) is 0 Å². The number of halogens is 2. The summed E-state index contributed by atoms with van der Waals surface area (Å²) in [6.45, 7) is 4.11. The average Bonchev–Trinajstić information content (AvgIpc) is 2.50. The van der Waals surface area contributed by atoms with Crippen molar-refractivity contribution >= 4 is 0 Å². The van der Waals surface area contributed by atoms with Crippen LogP contribution in [0.5, 0.6) is 0 Å². The zero-order chi connectivity index (χ0) is 11.7. The van der Waals surface area contributed by atoms with Crippen molar-refractivity contribution in [3.63, 3.8) is 0 Å². The highest BCUT2D eigenvalue weighted by atomic mass is 19.1. The molecule has 0 N–H and O–H groups in total. The van der Waals surface area contributed by atoms with E-state index in [0.717, 1.165) is 17.5 Å². The van der Waals surface area contributed by atoms with Crippen LogP contribution in [0.2, 0.25) is 0 Å². The second-order valence-corrected chi connectivity index (χ2v) is 3.82. The molecule has 2 rings (SSSR count). The molecule has 0 aliphatic carbocycles. The molecule has 2 nitrogen and oxygen atoms in total. The molecule has 0 saturated carbocycles. The van der Waals surface area contributed by atoms with Gasteiger partial charge in [0, 0.05) is 17.3 Å². The first-order chi connectivity index (χ1) is 7.56. The first kappa shape index (κ1) is 10.8. The van der Waals surface area contributed by atoms with Crippen LogP contribution < -0.4 is 0 Å². The van der Waals surface area contributed by atoms with Gasteiger partial charge in [0.2, 0.25) is 0 Å².